The topological polar surface area (TPSA) is 64.3 Å². The molecule has 1 fully saturated rings. The van der Waals surface area contributed by atoms with Crippen molar-refractivity contribution >= 4 is 11.8 Å². The van der Waals surface area contributed by atoms with Crippen LogP contribution in [0.15, 0.2) is 24.3 Å². The lowest BCUT2D eigenvalue weighted by Crippen LogP contribution is -2.34. The van der Waals surface area contributed by atoms with Gasteiger partial charge in [-0.05, 0) is 25.3 Å². The van der Waals surface area contributed by atoms with Gasteiger partial charge in [-0.1, -0.05) is 50.3 Å². The Morgan fingerprint density at radius 2 is 2.05 bits per heavy atom. The van der Waals surface area contributed by atoms with Gasteiger partial charge in [0.25, 0.3) is 0 Å². The Hall–Kier alpha value is -1.71. The third-order valence-electron chi connectivity index (χ3n) is 4.19. The van der Waals surface area contributed by atoms with E-state index >= 15 is 0 Å². The van der Waals surface area contributed by atoms with E-state index in [2.05, 4.69) is 5.32 Å². The van der Waals surface area contributed by atoms with Crippen molar-refractivity contribution < 1.29 is 9.53 Å². The minimum absolute atomic E-state index is 0.161. The summed E-state index contributed by atoms with van der Waals surface area (Å²) < 4.78 is 5.24. The Labute approximate surface area is 127 Å². The number of para-hydroxylation sites is 1. The number of carbonyl (C=O) groups excluding carboxylic acids is 1. The van der Waals surface area contributed by atoms with Crippen LogP contribution in [0.25, 0.3) is 0 Å². The third kappa shape index (κ3) is 5.29. The minimum atomic E-state index is -0.360. The molecule has 0 spiro atoms. The third-order valence-corrected chi connectivity index (χ3v) is 4.19. The Bertz CT molecular complexity index is 456. The van der Waals surface area contributed by atoms with E-state index in [4.69, 9.17) is 10.5 Å². The summed E-state index contributed by atoms with van der Waals surface area (Å²) >= 11 is 0. The van der Waals surface area contributed by atoms with Crippen LogP contribution in [0.3, 0.4) is 0 Å². The van der Waals surface area contributed by atoms with Crippen molar-refractivity contribution in [3.05, 3.63) is 29.8 Å². The number of ether oxygens (including phenoxy) is 1. The van der Waals surface area contributed by atoms with Gasteiger partial charge in [-0.25, -0.2) is 4.79 Å². The first-order chi connectivity index (χ1) is 10.1. The predicted molar refractivity (Wildman–Crippen MR) is 84.8 cm³/mol. The molecule has 4 heteroatoms. The molecular formula is C17H26N2O2. The van der Waals surface area contributed by atoms with Crippen LogP contribution in [0, 0.1) is 5.92 Å². The monoisotopic (exact) mass is 290 g/mol. The van der Waals surface area contributed by atoms with Gasteiger partial charge in [0.05, 0.1) is 0 Å². The first-order valence-electron chi connectivity index (χ1n) is 7.92. The molecule has 0 heterocycles. The van der Waals surface area contributed by atoms with Crippen LogP contribution < -0.4 is 11.1 Å². The van der Waals surface area contributed by atoms with Crippen molar-refractivity contribution in [2.75, 3.05) is 5.73 Å². The average Bonchev–Trinajstić information content (AvgIpc) is 2.47. The molecule has 1 aromatic carbocycles. The second-order valence-electron chi connectivity index (χ2n) is 6.06. The number of benzene rings is 1. The van der Waals surface area contributed by atoms with Crippen molar-refractivity contribution in [3.8, 4) is 0 Å². The fraction of sp³-hybridized carbons (Fsp3) is 0.588. The van der Waals surface area contributed by atoms with E-state index in [1.54, 1.807) is 0 Å². The van der Waals surface area contributed by atoms with Crippen LogP contribution in [-0.4, -0.2) is 12.1 Å². The Balaban J connectivity index is 1.70. The van der Waals surface area contributed by atoms with Gasteiger partial charge in [0.2, 0.25) is 0 Å². The first kappa shape index (κ1) is 15.7. The van der Waals surface area contributed by atoms with Crippen LogP contribution in [0.4, 0.5) is 10.5 Å². The molecule has 3 N–H and O–H groups in total. The zero-order valence-electron chi connectivity index (χ0n) is 12.8. The van der Waals surface area contributed by atoms with Crippen LogP contribution in [0.2, 0.25) is 0 Å². The molecule has 1 aliphatic carbocycles. The number of amides is 1. The standard InChI is InChI=1S/C17H26N2O2/c1-13(11-14-7-3-2-4-8-14)19-17(20)21-12-15-9-5-6-10-16(15)18/h5-6,9-10,13-14H,2-4,7-8,11-12,18H2,1H3,(H,19,20). The number of alkyl carbamates (subject to hydrolysis) is 1. The number of carbonyl (C=O) groups is 1. The van der Waals surface area contributed by atoms with Crippen molar-refractivity contribution in [1.82, 2.24) is 5.32 Å². The highest BCUT2D eigenvalue weighted by Crippen LogP contribution is 2.27. The molecule has 1 unspecified atom stereocenters. The predicted octanol–water partition coefficient (Wildman–Crippen LogP) is 3.85. The molecule has 1 atom stereocenters. The summed E-state index contributed by atoms with van der Waals surface area (Å²) in [6.45, 7) is 2.27. The quantitative estimate of drug-likeness (QED) is 0.809. The van der Waals surface area contributed by atoms with Gasteiger partial charge >= 0.3 is 6.09 Å². The molecule has 116 valence electrons. The van der Waals surface area contributed by atoms with Gasteiger partial charge in [-0.15, -0.1) is 0 Å². The molecule has 1 amide bonds. The second-order valence-corrected chi connectivity index (χ2v) is 6.06. The maximum atomic E-state index is 11.8. The van der Waals surface area contributed by atoms with Crippen molar-refractivity contribution in [1.29, 1.82) is 0 Å². The molecule has 1 saturated carbocycles. The Kier molecular flexibility index (Phi) is 5.90. The second kappa shape index (κ2) is 7.91. The summed E-state index contributed by atoms with van der Waals surface area (Å²) in [4.78, 5) is 11.8. The van der Waals surface area contributed by atoms with Gasteiger partial charge in [-0.3, -0.25) is 0 Å². The largest absolute Gasteiger partial charge is 0.445 e. The fourth-order valence-corrected chi connectivity index (χ4v) is 3.03. The number of nitrogens with one attached hydrogen (secondary N) is 1. The summed E-state index contributed by atoms with van der Waals surface area (Å²) in [5.74, 6) is 0.749. The van der Waals surface area contributed by atoms with Gasteiger partial charge < -0.3 is 15.8 Å². The molecule has 0 bridgehead atoms. The SMILES string of the molecule is CC(CC1CCCCC1)NC(=O)OCc1ccccc1N. The normalized spacial score (nSPS) is 17.2. The average molecular weight is 290 g/mol. The van der Waals surface area contributed by atoms with Crippen LogP contribution in [-0.2, 0) is 11.3 Å². The smallest absolute Gasteiger partial charge is 0.407 e. The number of nitrogens with two attached hydrogens (primary N) is 1. The maximum Gasteiger partial charge on any atom is 0.407 e. The van der Waals surface area contributed by atoms with Crippen molar-refractivity contribution in [2.24, 2.45) is 5.92 Å². The summed E-state index contributed by atoms with van der Waals surface area (Å²) in [6.07, 6.45) is 7.29. The molecule has 0 radical (unpaired) electrons. The highest BCUT2D eigenvalue weighted by molar-refractivity contribution is 5.67. The molecule has 1 aromatic rings. The molecule has 21 heavy (non-hydrogen) atoms. The van der Waals surface area contributed by atoms with Gasteiger partial charge in [0.15, 0.2) is 0 Å². The van der Waals surface area contributed by atoms with Crippen LogP contribution >= 0.6 is 0 Å². The summed E-state index contributed by atoms with van der Waals surface area (Å²) in [5.41, 5.74) is 7.31. The number of hydrogen-bond acceptors (Lipinski definition) is 3. The summed E-state index contributed by atoms with van der Waals surface area (Å²) in [6, 6.07) is 7.59. The lowest BCUT2D eigenvalue weighted by molar-refractivity contribution is 0.134. The van der Waals surface area contributed by atoms with E-state index in [9.17, 15) is 4.79 Å². The number of rotatable bonds is 5. The molecule has 1 aliphatic rings. The molecular weight excluding hydrogens is 264 g/mol. The van der Waals surface area contributed by atoms with E-state index in [0.29, 0.717) is 5.69 Å². The zero-order chi connectivity index (χ0) is 15.1. The van der Waals surface area contributed by atoms with Crippen LogP contribution in [0.1, 0.15) is 51.0 Å². The van der Waals surface area contributed by atoms with E-state index in [-0.39, 0.29) is 18.7 Å². The van der Waals surface area contributed by atoms with Crippen molar-refractivity contribution in [3.63, 3.8) is 0 Å². The van der Waals surface area contributed by atoms with E-state index < -0.39 is 0 Å². The molecule has 4 nitrogen and oxygen atoms in total. The highest BCUT2D eigenvalue weighted by atomic mass is 16.5. The molecule has 0 saturated heterocycles. The number of hydrogen-bond donors (Lipinski definition) is 2. The zero-order valence-corrected chi connectivity index (χ0v) is 12.8. The number of anilines is 1. The lowest BCUT2D eigenvalue weighted by Gasteiger charge is -2.24. The van der Waals surface area contributed by atoms with Gasteiger partial charge in [-0.2, -0.15) is 0 Å². The Morgan fingerprint density at radius 1 is 1.33 bits per heavy atom. The molecule has 2 rings (SSSR count). The first-order valence-corrected chi connectivity index (χ1v) is 7.92. The number of nitrogen functional groups attached to an aromatic ring is 1. The van der Waals surface area contributed by atoms with Crippen molar-refractivity contribution in [2.45, 2.75) is 58.1 Å². The van der Waals surface area contributed by atoms with E-state index in [0.717, 1.165) is 17.9 Å². The molecule has 0 aliphatic heterocycles. The Morgan fingerprint density at radius 3 is 2.76 bits per heavy atom. The highest BCUT2D eigenvalue weighted by Gasteiger charge is 2.18. The minimum Gasteiger partial charge on any atom is -0.445 e. The van der Waals surface area contributed by atoms with Gasteiger partial charge in [0.1, 0.15) is 6.61 Å². The summed E-state index contributed by atoms with van der Waals surface area (Å²) in [7, 11) is 0. The fourth-order valence-electron chi connectivity index (χ4n) is 3.03. The maximum absolute atomic E-state index is 11.8. The molecule has 0 aromatic heterocycles. The summed E-state index contributed by atoms with van der Waals surface area (Å²) in [5, 5.41) is 2.91. The van der Waals surface area contributed by atoms with Gasteiger partial charge in [0, 0.05) is 17.3 Å². The van der Waals surface area contributed by atoms with E-state index in [1.165, 1.54) is 32.1 Å². The van der Waals surface area contributed by atoms with Crippen LogP contribution in [0.5, 0.6) is 0 Å². The van der Waals surface area contributed by atoms with E-state index in [1.807, 2.05) is 31.2 Å². The lowest BCUT2D eigenvalue weighted by atomic mass is 9.85.